The molecular formula is C17H33N3O2S. The van der Waals surface area contributed by atoms with E-state index in [1.165, 1.54) is 19.3 Å². The van der Waals surface area contributed by atoms with Gasteiger partial charge in [-0.1, -0.05) is 32.6 Å². The molecule has 0 saturated carbocycles. The Kier molecular flexibility index (Phi) is 11.2. The van der Waals surface area contributed by atoms with E-state index in [9.17, 15) is 9.59 Å². The van der Waals surface area contributed by atoms with Crippen LogP contribution in [-0.4, -0.2) is 49.0 Å². The standard InChI is InChI=1S/C17H33N3O2S/c1-3-4-5-8-11-19-16(22)10-7-6-9-15-17(18-2)14(12-23-15)20-13-21/h13-15,17-18H,3-12H2,1-2H3,(H,19,22)(H,20,21). The van der Waals surface area contributed by atoms with Crippen molar-refractivity contribution >= 4 is 24.1 Å². The van der Waals surface area contributed by atoms with Crippen LogP contribution in [0.5, 0.6) is 0 Å². The zero-order chi connectivity index (χ0) is 16.9. The number of carbonyl (C=O) groups excluding carboxylic acids is 2. The summed E-state index contributed by atoms with van der Waals surface area (Å²) < 4.78 is 0. The van der Waals surface area contributed by atoms with Crippen molar-refractivity contribution in [2.45, 2.75) is 75.6 Å². The summed E-state index contributed by atoms with van der Waals surface area (Å²) >= 11 is 1.92. The molecule has 5 nitrogen and oxygen atoms in total. The Morgan fingerprint density at radius 2 is 2.04 bits per heavy atom. The maximum absolute atomic E-state index is 11.8. The van der Waals surface area contributed by atoms with Gasteiger partial charge in [0, 0.05) is 30.0 Å². The Morgan fingerprint density at radius 3 is 2.74 bits per heavy atom. The fourth-order valence-corrected chi connectivity index (χ4v) is 4.71. The van der Waals surface area contributed by atoms with Crippen LogP contribution < -0.4 is 16.0 Å². The minimum Gasteiger partial charge on any atom is -0.356 e. The molecule has 0 spiro atoms. The van der Waals surface area contributed by atoms with Gasteiger partial charge in [0.25, 0.3) is 0 Å². The SMILES string of the molecule is CCCCCCNC(=O)CCCCC1SCC(NC=O)C1NC. The molecule has 1 fully saturated rings. The van der Waals surface area contributed by atoms with E-state index >= 15 is 0 Å². The molecule has 3 atom stereocenters. The monoisotopic (exact) mass is 343 g/mol. The molecule has 6 heteroatoms. The molecule has 23 heavy (non-hydrogen) atoms. The van der Waals surface area contributed by atoms with Crippen molar-refractivity contribution in [3.05, 3.63) is 0 Å². The van der Waals surface area contributed by atoms with E-state index in [1.54, 1.807) is 0 Å². The van der Waals surface area contributed by atoms with Gasteiger partial charge in [0.1, 0.15) is 0 Å². The number of nitrogens with one attached hydrogen (secondary N) is 3. The zero-order valence-electron chi connectivity index (χ0n) is 14.6. The van der Waals surface area contributed by atoms with Crippen molar-refractivity contribution in [1.82, 2.24) is 16.0 Å². The first-order valence-corrected chi connectivity index (χ1v) is 10.0. The lowest BCUT2D eigenvalue weighted by molar-refractivity contribution is -0.121. The predicted molar refractivity (Wildman–Crippen MR) is 97.7 cm³/mol. The van der Waals surface area contributed by atoms with Crippen LogP contribution in [0.25, 0.3) is 0 Å². The van der Waals surface area contributed by atoms with Gasteiger partial charge >= 0.3 is 0 Å². The van der Waals surface area contributed by atoms with E-state index in [0.29, 0.717) is 17.7 Å². The maximum Gasteiger partial charge on any atom is 0.219 e. The van der Waals surface area contributed by atoms with Crippen LogP contribution in [0.15, 0.2) is 0 Å². The summed E-state index contributed by atoms with van der Waals surface area (Å²) in [7, 11) is 1.95. The molecule has 3 N–H and O–H groups in total. The number of likely N-dealkylation sites (N-methyl/N-ethyl adjacent to an activating group) is 1. The van der Waals surface area contributed by atoms with Gasteiger partial charge in [0.05, 0.1) is 6.04 Å². The molecule has 3 unspecified atom stereocenters. The molecule has 0 aliphatic carbocycles. The fourth-order valence-electron chi connectivity index (χ4n) is 3.08. The third kappa shape index (κ3) is 8.06. The molecule has 0 aromatic heterocycles. The van der Waals surface area contributed by atoms with Crippen LogP contribution in [0, 0.1) is 0 Å². The van der Waals surface area contributed by atoms with Gasteiger partial charge in [-0.25, -0.2) is 0 Å². The quantitative estimate of drug-likeness (QED) is 0.354. The summed E-state index contributed by atoms with van der Waals surface area (Å²) in [5.74, 6) is 1.15. The van der Waals surface area contributed by atoms with Gasteiger partial charge in [0.2, 0.25) is 12.3 Å². The van der Waals surface area contributed by atoms with Crippen LogP contribution in [0.4, 0.5) is 0 Å². The lowest BCUT2D eigenvalue weighted by Gasteiger charge is -2.22. The van der Waals surface area contributed by atoms with Crippen molar-refractivity contribution < 1.29 is 9.59 Å². The number of rotatable bonds is 13. The number of amides is 2. The second-order valence-electron chi connectivity index (χ2n) is 6.23. The highest BCUT2D eigenvalue weighted by Crippen LogP contribution is 2.31. The molecule has 2 amide bonds. The van der Waals surface area contributed by atoms with E-state index in [4.69, 9.17) is 0 Å². The zero-order valence-corrected chi connectivity index (χ0v) is 15.4. The van der Waals surface area contributed by atoms with Crippen molar-refractivity contribution in [3.63, 3.8) is 0 Å². The average Bonchev–Trinajstić information content (AvgIpc) is 2.93. The Morgan fingerprint density at radius 1 is 1.22 bits per heavy atom. The predicted octanol–water partition coefficient (Wildman–Crippen LogP) is 2.06. The van der Waals surface area contributed by atoms with Gasteiger partial charge in [0.15, 0.2) is 0 Å². The molecule has 1 rings (SSSR count). The third-order valence-corrected chi connectivity index (χ3v) is 5.94. The van der Waals surface area contributed by atoms with Crippen molar-refractivity contribution in [1.29, 1.82) is 0 Å². The van der Waals surface area contributed by atoms with E-state index < -0.39 is 0 Å². The van der Waals surface area contributed by atoms with Crippen molar-refractivity contribution in [2.75, 3.05) is 19.3 Å². The first-order valence-electron chi connectivity index (χ1n) is 8.98. The van der Waals surface area contributed by atoms with Gasteiger partial charge in [-0.3, -0.25) is 9.59 Å². The molecule has 1 heterocycles. The number of hydrogen-bond acceptors (Lipinski definition) is 4. The van der Waals surface area contributed by atoms with Gasteiger partial charge < -0.3 is 16.0 Å². The smallest absolute Gasteiger partial charge is 0.219 e. The first kappa shape index (κ1) is 20.3. The summed E-state index contributed by atoms with van der Waals surface area (Å²) in [6.45, 7) is 3.01. The summed E-state index contributed by atoms with van der Waals surface area (Å²) in [4.78, 5) is 22.4. The largest absolute Gasteiger partial charge is 0.356 e. The average molecular weight is 344 g/mol. The van der Waals surface area contributed by atoms with Gasteiger partial charge in [-0.2, -0.15) is 11.8 Å². The Balaban J connectivity index is 2.07. The van der Waals surface area contributed by atoms with Crippen LogP contribution in [0.3, 0.4) is 0 Å². The fraction of sp³-hybridized carbons (Fsp3) is 0.882. The Bertz CT molecular complexity index is 342. The molecule has 0 aromatic rings. The second-order valence-corrected chi connectivity index (χ2v) is 7.51. The van der Waals surface area contributed by atoms with Crippen LogP contribution >= 0.6 is 11.8 Å². The van der Waals surface area contributed by atoms with Crippen molar-refractivity contribution in [3.8, 4) is 0 Å². The molecule has 0 radical (unpaired) electrons. The molecule has 1 saturated heterocycles. The van der Waals surface area contributed by atoms with E-state index in [0.717, 1.165) is 44.4 Å². The topological polar surface area (TPSA) is 70.2 Å². The van der Waals surface area contributed by atoms with E-state index in [-0.39, 0.29) is 11.9 Å². The molecule has 1 aliphatic rings. The van der Waals surface area contributed by atoms with Crippen molar-refractivity contribution in [2.24, 2.45) is 0 Å². The lowest BCUT2D eigenvalue weighted by Crippen LogP contribution is -2.48. The Labute approximate surface area is 145 Å². The molecule has 1 aliphatic heterocycles. The summed E-state index contributed by atoms with van der Waals surface area (Å²) in [5, 5.41) is 9.75. The molecule has 134 valence electrons. The Hall–Kier alpha value is -0.750. The summed E-state index contributed by atoms with van der Waals surface area (Å²) in [5.41, 5.74) is 0. The molecule has 0 bridgehead atoms. The van der Waals surface area contributed by atoms with E-state index in [2.05, 4.69) is 22.9 Å². The number of unbranched alkanes of at least 4 members (excludes halogenated alkanes) is 4. The van der Waals surface area contributed by atoms with Crippen LogP contribution in [0.2, 0.25) is 0 Å². The highest BCUT2D eigenvalue weighted by Gasteiger charge is 2.34. The third-order valence-electron chi connectivity index (χ3n) is 4.43. The minimum atomic E-state index is 0.186. The lowest BCUT2D eigenvalue weighted by atomic mass is 10.0. The normalized spacial score (nSPS) is 23.7. The number of hydrogen-bond donors (Lipinski definition) is 3. The van der Waals surface area contributed by atoms with E-state index in [1.807, 2.05) is 18.8 Å². The van der Waals surface area contributed by atoms with Crippen LogP contribution in [-0.2, 0) is 9.59 Å². The van der Waals surface area contributed by atoms with Gasteiger partial charge in [-0.15, -0.1) is 0 Å². The summed E-state index contributed by atoms with van der Waals surface area (Å²) in [6.07, 6.45) is 9.30. The second kappa shape index (κ2) is 12.6. The first-order chi connectivity index (χ1) is 11.2. The minimum absolute atomic E-state index is 0.186. The maximum atomic E-state index is 11.8. The number of thioether (sulfide) groups is 1. The van der Waals surface area contributed by atoms with Crippen LogP contribution in [0.1, 0.15) is 58.3 Å². The highest BCUT2D eigenvalue weighted by molar-refractivity contribution is 8.00. The number of carbonyl (C=O) groups is 2. The summed E-state index contributed by atoms with van der Waals surface area (Å²) in [6, 6.07) is 0.552. The molecule has 0 aromatic carbocycles. The highest BCUT2D eigenvalue weighted by atomic mass is 32.2. The van der Waals surface area contributed by atoms with Gasteiger partial charge in [-0.05, 0) is 26.3 Å². The molecular weight excluding hydrogens is 310 g/mol.